The summed E-state index contributed by atoms with van der Waals surface area (Å²) in [5, 5.41) is 10.3. The molecule has 2 unspecified atom stereocenters. The Kier molecular flexibility index (Phi) is 9.04. The SMILES string of the molecule is C=CCCOC(=O)[C@H]1[C@H]2C(=O)N([C@@H](CO)C(C)C)C(C(=O)N(CC=C)CCCCC)C23CC[C@]1(C)O3. The summed E-state index contributed by atoms with van der Waals surface area (Å²) in [5.74, 6) is -2.70. The Morgan fingerprint density at radius 1 is 1.28 bits per heavy atom. The summed E-state index contributed by atoms with van der Waals surface area (Å²) in [7, 11) is 0. The first kappa shape index (κ1) is 28.4. The Labute approximate surface area is 215 Å². The first-order chi connectivity index (χ1) is 17.1. The van der Waals surface area contributed by atoms with Crippen LogP contribution >= 0.6 is 0 Å². The highest BCUT2D eigenvalue weighted by molar-refractivity contribution is 5.98. The monoisotopic (exact) mass is 504 g/mol. The number of carbonyl (C=O) groups excluding carboxylic acids is 3. The van der Waals surface area contributed by atoms with Crippen molar-refractivity contribution in [2.75, 3.05) is 26.3 Å². The van der Waals surface area contributed by atoms with E-state index in [-0.39, 0.29) is 30.9 Å². The molecule has 0 aromatic heterocycles. The van der Waals surface area contributed by atoms with Crippen LogP contribution in [0.3, 0.4) is 0 Å². The van der Waals surface area contributed by atoms with Crippen LogP contribution in [0, 0.1) is 17.8 Å². The second-order valence-corrected chi connectivity index (χ2v) is 11.0. The number of ether oxygens (including phenoxy) is 2. The molecule has 6 atom stereocenters. The molecule has 36 heavy (non-hydrogen) atoms. The molecule has 3 heterocycles. The van der Waals surface area contributed by atoms with Crippen LogP contribution in [0.25, 0.3) is 0 Å². The van der Waals surface area contributed by atoms with Gasteiger partial charge >= 0.3 is 5.97 Å². The molecule has 0 aliphatic carbocycles. The average Bonchev–Trinajstić information content (AvgIpc) is 3.40. The van der Waals surface area contributed by atoms with Crippen LogP contribution in [-0.4, -0.2) is 82.3 Å². The van der Waals surface area contributed by atoms with Crippen LogP contribution in [-0.2, 0) is 23.9 Å². The first-order valence-corrected chi connectivity index (χ1v) is 13.4. The number of rotatable bonds is 14. The topological polar surface area (TPSA) is 96.4 Å². The van der Waals surface area contributed by atoms with Gasteiger partial charge in [0.05, 0.1) is 30.8 Å². The Morgan fingerprint density at radius 3 is 2.58 bits per heavy atom. The minimum absolute atomic E-state index is 0.0943. The number of fused-ring (bicyclic) bond motifs is 1. The van der Waals surface area contributed by atoms with Gasteiger partial charge in [0.15, 0.2) is 0 Å². The summed E-state index contributed by atoms with van der Waals surface area (Å²) in [6, 6.07) is -1.48. The summed E-state index contributed by atoms with van der Waals surface area (Å²) in [5.41, 5.74) is -2.01. The Bertz CT molecular complexity index is 859. The third-order valence-electron chi connectivity index (χ3n) is 8.28. The molecule has 3 rings (SSSR count). The van der Waals surface area contributed by atoms with Crippen LogP contribution in [0.15, 0.2) is 25.3 Å². The fourth-order valence-electron chi connectivity index (χ4n) is 6.48. The highest BCUT2D eigenvalue weighted by atomic mass is 16.6. The lowest BCUT2D eigenvalue weighted by Crippen LogP contribution is -2.59. The van der Waals surface area contributed by atoms with Crippen LogP contribution in [0.1, 0.15) is 66.2 Å². The zero-order valence-corrected chi connectivity index (χ0v) is 22.4. The number of hydrogen-bond donors (Lipinski definition) is 1. The summed E-state index contributed by atoms with van der Waals surface area (Å²) in [6.07, 6.45) is 7.79. The maximum Gasteiger partial charge on any atom is 0.312 e. The van der Waals surface area contributed by atoms with Gasteiger partial charge in [0, 0.05) is 13.1 Å². The van der Waals surface area contributed by atoms with Crippen molar-refractivity contribution in [2.24, 2.45) is 17.8 Å². The van der Waals surface area contributed by atoms with Crippen molar-refractivity contribution in [3.63, 3.8) is 0 Å². The Morgan fingerprint density at radius 2 is 2.00 bits per heavy atom. The van der Waals surface area contributed by atoms with E-state index in [0.29, 0.717) is 32.4 Å². The van der Waals surface area contributed by atoms with Gasteiger partial charge in [-0.3, -0.25) is 14.4 Å². The van der Waals surface area contributed by atoms with Crippen molar-refractivity contribution in [2.45, 2.75) is 89.5 Å². The van der Waals surface area contributed by atoms with E-state index in [9.17, 15) is 19.5 Å². The molecule has 0 saturated carbocycles. The smallest absolute Gasteiger partial charge is 0.312 e. The summed E-state index contributed by atoms with van der Waals surface area (Å²) < 4.78 is 12.2. The maximum absolute atomic E-state index is 14.2. The molecule has 3 saturated heterocycles. The van der Waals surface area contributed by atoms with E-state index in [2.05, 4.69) is 20.1 Å². The maximum atomic E-state index is 14.2. The molecule has 2 amide bonds. The number of unbranched alkanes of at least 4 members (excludes halogenated alkanes) is 2. The van der Waals surface area contributed by atoms with Gasteiger partial charge in [-0.1, -0.05) is 45.8 Å². The van der Waals surface area contributed by atoms with E-state index < -0.39 is 41.1 Å². The van der Waals surface area contributed by atoms with Crippen molar-refractivity contribution in [3.8, 4) is 0 Å². The summed E-state index contributed by atoms with van der Waals surface area (Å²) in [6.45, 7) is 16.1. The van der Waals surface area contributed by atoms with E-state index in [0.717, 1.165) is 19.3 Å². The molecule has 3 fully saturated rings. The third-order valence-corrected chi connectivity index (χ3v) is 8.28. The number of carbonyl (C=O) groups is 3. The van der Waals surface area contributed by atoms with Crippen molar-refractivity contribution in [1.29, 1.82) is 0 Å². The average molecular weight is 505 g/mol. The molecule has 2 bridgehead atoms. The lowest BCUT2D eigenvalue weighted by Gasteiger charge is -2.40. The predicted molar refractivity (Wildman–Crippen MR) is 137 cm³/mol. The molecule has 0 radical (unpaired) electrons. The van der Waals surface area contributed by atoms with Crippen molar-refractivity contribution in [3.05, 3.63) is 25.3 Å². The third kappa shape index (κ3) is 4.74. The second-order valence-electron chi connectivity index (χ2n) is 11.0. The lowest BCUT2D eigenvalue weighted by molar-refractivity contribution is -0.162. The number of aliphatic hydroxyl groups is 1. The van der Waals surface area contributed by atoms with Crippen molar-refractivity contribution >= 4 is 17.8 Å². The molecule has 1 spiro atoms. The van der Waals surface area contributed by atoms with Crippen molar-refractivity contribution in [1.82, 2.24) is 9.80 Å². The fourth-order valence-corrected chi connectivity index (χ4v) is 6.48. The van der Waals surface area contributed by atoms with Gasteiger partial charge in [-0.25, -0.2) is 0 Å². The quantitative estimate of drug-likeness (QED) is 0.222. The molecular formula is C28H44N2O6. The molecular weight excluding hydrogens is 460 g/mol. The van der Waals surface area contributed by atoms with Crippen LogP contribution in [0.2, 0.25) is 0 Å². The summed E-state index contributed by atoms with van der Waals surface area (Å²) in [4.78, 5) is 45.0. The normalized spacial score (nSPS) is 31.4. The van der Waals surface area contributed by atoms with Gasteiger partial charge in [-0.15, -0.1) is 13.2 Å². The Balaban J connectivity index is 2.06. The molecule has 0 aromatic carbocycles. The molecule has 3 aliphatic heterocycles. The minimum Gasteiger partial charge on any atom is -0.465 e. The number of likely N-dealkylation sites (tertiary alicyclic amines) is 1. The minimum atomic E-state index is -1.13. The van der Waals surface area contributed by atoms with E-state index in [1.165, 1.54) is 0 Å². The van der Waals surface area contributed by atoms with Crippen LogP contribution < -0.4 is 0 Å². The molecule has 3 aliphatic rings. The zero-order valence-electron chi connectivity index (χ0n) is 22.4. The molecule has 202 valence electrons. The van der Waals surface area contributed by atoms with Gasteiger partial charge in [-0.2, -0.15) is 0 Å². The zero-order chi connectivity index (χ0) is 26.7. The van der Waals surface area contributed by atoms with Crippen LogP contribution in [0.4, 0.5) is 0 Å². The standard InChI is InChI=1S/C28H44N2O6/c1-7-10-12-16-29(15-9-3)25(33)23-28-14-13-27(6,36-28)22(26(34)35-17-11-8-2)21(28)24(32)30(23)20(18-31)19(4)5/h8-9,19-23,31H,2-3,7,10-18H2,1,4-6H3/t20-,21-,22+,23?,27-,28?/m0/s1. The molecule has 8 heteroatoms. The second kappa shape index (κ2) is 11.5. The predicted octanol–water partition coefficient (Wildman–Crippen LogP) is 3.09. The Hall–Kier alpha value is -2.19. The number of hydrogen-bond acceptors (Lipinski definition) is 6. The van der Waals surface area contributed by atoms with Gasteiger partial charge < -0.3 is 24.4 Å². The van der Waals surface area contributed by atoms with E-state index >= 15 is 0 Å². The number of aliphatic hydroxyl groups excluding tert-OH is 1. The number of esters is 1. The highest BCUT2D eigenvalue weighted by Gasteiger charge is 2.79. The fraction of sp³-hybridized carbons (Fsp3) is 0.750. The number of nitrogens with zero attached hydrogens (tertiary/aromatic N) is 2. The van der Waals surface area contributed by atoms with E-state index in [1.54, 1.807) is 22.0 Å². The molecule has 0 aromatic rings. The first-order valence-electron chi connectivity index (χ1n) is 13.4. The molecule has 1 N–H and O–H groups in total. The summed E-state index contributed by atoms with van der Waals surface area (Å²) >= 11 is 0. The van der Waals surface area contributed by atoms with Gasteiger partial charge in [0.1, 0.15) is 17.6 Å². The van der Waals surface area contributed by atoms with E-state index in [4.69, 9.17) is 9.47 Å². The largest absolute Gasteiger partial charge is 0.465 e. The van der Waals surface area contributed by atoms with E-state index in [1.807, 2.05) is 20.8 Å². The highest BCUT2D eigenvalue weighted by Crippen LogP contribution is 2.63. The van der Waals surface area contributed by atoms with Crippen molar-refractivity contribution < 1.29 is 29.0 Å². The van der Waals surface area contributed by atoms with Gasteiger partial charge in [0.2, 0.25) is 11.8 Å². The van der Waals surface area contributed by atoms with Gasteiger partial charge in [-0.05, 0) is 38.5 Å². The lowest BCUT2D eigenvalue weighted by atomic mass is 9.66. The van der Waals surface area contributed by atoms with Gasteiger partial charge in [0.25, 0.3) is 0 Å². The molecule has 8 nitrogen and oxygen atoms in total. The van der Waals surface area contributed by atoms with Crippen LogP contribution in [0.5, 0.6) is 0 Å². The number of amides is 2.